The minimum Gasteiger partial charge on any atom is -0.486 e. The molecule has 29 heavy (non-hydrogen) atoms. The maximum atomic E-state index is 12.4. The first-order valence-electron chi connectivity index (χ1n) is 9.04. The number of aromatic amines is 1. The van der Waals surface area contributed by atoms with Crippen LogP contribution in [-0.2, 0) is 9.53 Å². The molecule has 2 aromatic carbocycles. The van der Waals surface area contributed by atoms with Crippen LogP contribution in [0.3, 0.4) is 0 Å². The number of para-hydroxylation sites is 3. The van der Waals surface area contributed by atoms with Gasteiger partial charge in [0.25, 0.3) is 5.91 Å². The lowest BCUT2D eigenvalue weighted by atomic mass is 10.1. The van der Waals surface area contributed by atoms with Gasteiger partial charge in [0.1, 0.15) is 12.7 Å². The fourth-order valence-electron chi connectivity index (χ4n) is 3.02. The van der Waals surface area contributed by atoms with Crippen molar-refractivity contribution in [2.75, 3.05) is 19.8 Å². The monoisotopic (exact) mass is 394 g/mol. The molecular formula is C21H18N2O6. The van der Waals surface area contributed by atoms with Crippen LogP contribution in [0.4, 0.5) is 0 Å². The minimum absolute atomic E-state index is 0.109. The van der Waals surface area contributed by atoms with E-state index in [-0.39, 0.29) is 18.2 Å². The average molecular weight is 394 g/mol. The molecular weight excluding hydrogens is 376 g/mol. The number of H-pyrrole nitrogens is 1. The molecule has 0 saturated carbocycles. The molecule has 1 amide bonds. The fraction of sp³-hybridized carbons (Fsp3) is 0.190. The van der Waals surface area contributed by atoms with Crippen LogP contribution in [0.1, 0.15) is 10.4 Å². The van der Waals surface area contributed by atoms with Crippen LogP contribution in [0.2, 0.25) is 0 Å². The molecule has 1 unspecified atom stereocenters. The van der Waals surface area contributed by atoms with Gasteiger partial charge in [0.15, 0.2) is 18.1 Å². The van der Waals surface area contributed by atoms with E-state index in [1.54, 1.807) is 30.3 Å². The lowest BCUT2D eigenvalue weighted by molar-refractivity contribution is -0.124. The molecule has 0 bridgehead atoms. The molecule has 1 aliphatic rings. The highest BCUT2D eigenvalue weighted by molar-refractivity contribution is 6.03. The summed E-state index contributed by atoms with van der Waals surface area (Å²) in [6.07, 6.45) is -0.346. The van der Waals surface area contributed by atoms with Crippen LogP contribution in [0.15, 0.2) is 59.4 Å². The summed E-state index contributed by atoms with van der Waals surface area (Å²) < 4.78 is 16.4. The van der Waals surface area contributed by atoms with Crippen molar-refractivity contribution >= 4 is 22.8 Å². The molecule has 0 fully saturated rings. The van der Waals surface area contributed by atoms with E-state index in [4.69, 9.17) is 14.2 Å². The second-order valence-electron chi connectivity index (χ2n) is 6.47. The number of aromatic nitrogens is 1. The van der Waals surface area contributed by atoms with Crippen LogP contribution in [0.25, 0.3) is 10.9 Å². The Labute approximate surface area is 165 Å². The second kappa shape index (κ2) is 8.05. The van der Waals surface area contributed by atoms with E-state index in [1.165, 1.54) is 0 Å². The van der Waals surface area contributed by atoms with Gasteiger partial charge in [0.2, 0.25) is 5.56 Å². The van der Waals surface area contributed by atoms with Crippen LogP contribution in [0, 0.1) is 0 Å². The van der Waals surface area contributed by atoms with E-state index in [2.05, 4.69) is 10.3 Å². The molecule has 0 saturated heterocycles. The van der Waals surface area contributed by atoms with Gasteiger partial charge < -0.3 is 24.5 Å². The zero-order chi connectivity index (χ0) is 20.2. The van der Waals surface area contributed by atoms with Crippen molar-refractivity contribution in [3.8, 4) is 11.5 Å². The normalized spacial score (nSPS) is 15.0. The number of ether oxygens (including phenoxy) is 3. The number of benzene rings is 2. The van der Waals surface area contributed by atoms with Gasteiger partial charge in [-0.05, 0) is 18.2 Å². The van der Waals surface area contributed by atoms with Crippen LogP contribution in [0.5, 0.6) is 11.5 Å². The summed E-state index contributed by atoms with van der Waals surface area (Å²) >= 11 is 0. The topological polar surface area (TPSA) is 107 Å². The summed E-state index contributed by atoms with van der Waals surface area (Å²) in [6.45, 7) is 0.0403. The molecule has 8 heteroatoms. The van der Waals surface area contributed by atoms with E-state index in [0.29, 0.717) is 29.0 Å². The number of amides is 1. The summed E-state index contributed by atoms with van der Waals surface area (Å²) in [5.41, 5.74) is 0.207. The molecule has 0 aliphatic carbocycles. The summed E-state index contributed by atoms with van der Waals surface area (Å²) in [6, 6.07) is 15.3. The Hall–Kier alpha value is -3.81. The predicted molar refractivity (Wildman–Crippen MR) is 104 cm³/mol. The van der Waals surface area contributed by atoms with Crippen molar-refractivity contribution in [1.82, 2.24) is 10.3 Å². The number of nitrogens with one attached hydrogen (secondary N) is 2. The highest BCUT2D eigenvalue weighted by atomic mass is 16.6. The van der Waals surface area contributed by atoms with Crippen LogP contribution in [-0.4, -0.2) is 42.7 Å². The van der Waals surface area contributed by atoms with Gasteiger partial charge in [-0.25, -0.2) is 4.79 Å². The van der Waals surface area contributed by atoms with E-state index in [1.807, 2.05) is 18.2 Å². The van der Waals surface area contributed by atoms with Gasteiger partial charge in [0, 0.05) is 17.0 Å². The number of fused-ring (bicyclic) bond motifs is 2. The van der Waals surface area contributed by atoms with Crippen molar-refractivity contribution in [3.05, 3.63) is 70.5 Å². The number of pyridine rings is 1. The Morgan fingerprint density at radius 1 is 1.10 bits per heavy atom. The first kappa shape index (κ1) is 18.5. The summed E-state index contributed by atoms with van der Waals surface area (Å²) in [7, 11) is 0. The van der Waals surface area contributed by atoms with Crippen LogP contribution < -0.4 is 20.3 Å². The Kier molecular flexibility index (Phi) is 5.15. The van der Waals surface area contributed by atoms with Gasteiger partial charge in [-0.3, -0.25) is 9.59 Å². The first-order chi connectivity index (χ1) is 14.1. The smallest absolute Gasteiger partial charge is 0.339 e. The Balaban J connectivity index is 1.31. The molecule has 1 atom stereocenters. The quantitative estimate of drug-likeness (QED) is 0.637. The number of hydrogen-bond donors (Lipinski definition) is 2. The molecule has 1 aromatic heterocycles. The standard InChI is InChI=1S/C21H18N2O6/c24-19-9-15(14-5-1-2-6-16(14)23-19)21(26)28-12-20(25)22-10-13-11-27-17-7-3-4-8-18(17)29-13/h1-9,13H,10-12H2,(H,22,25)(H,23,24). The molecule has 2 N–H and O–H groups in total. The fourth-order valence-corrected chi connectivity index (χ4v) is 3.02. The largest absolute Gasteiger partial charge is 0.486 e. The van der Waals surface area contributed by atoms with E-state index in [0.717, 1.165) is 6.07 Å². The second-order valence-corrected chi connectivity index (χ2v) is 6.47. The molecule has 2 heterocycles. The zero-order valence-corrected chi connectivity index (χ0v) is 15.3. The van der Waals surface area contributed by atoms with Crippen molar-refractivity contribution in [3.63, 3.8) is 0 Å². The molecule has 0 radical (unpaired) electrons. The molecule has 3 aromatic rings. The van der Waals surface area contributed by atoms with Crippen molar-refractivity contribution in [2.24, 2.45) is 0 Å². The number of carbonyl (C=O) groups is 2. The van der Waals surface area contributed by atoms with Gasteiger partial charge in [-0.1, -0.05) is 30.3 Å². The Morgan fingerprint density at radius 2 is 1.86 bits per heavy atom. The Bertz CT molecular complexity index is 1120. The van der Waals surface area contributed by atoms with Crippen molar-refractivity contribution in [1.29, 1.82) is 0 Å². The number of carbonyl (C=O) groups excluding carboxylic acids is 2. The summed E-state index contributed by atoms with van der Waals surface area (Å²) in [4.78, 5) is 38.8. The number of esters is 1. The number of rotatable bonds is 5. The molecule has 8 nitrogen and oxygen atoms in total. The van der Waals surface area contributed by atoms with Gasteiger partial charge >= 0.3 is 5.97 Å². The van der Waals surface area contributed by atoms with Gasteiger partial charge in [-0.2, -0.15) is 0 Å². The third kappa shape index (κ3) is 4.21. The first-order valence-corrected chi connectivity index (χ1v) is 9.04. The summed E-state index contributed by atoms with van der Waals surface area (Å²) in [5, 5.41) is 3.19. The van der Waals surface area contributed by atoms with Gasteiger partial charge in [-0.15, -0.1) is 0 Å². The summed E-state index contributed by atoms with van der Waals surface area (Å²) in [5.74, 6) is 0.0586. The third-order valence-electron chi connectivity index (χ3n) is 4.40. The minimum atomic E-state index is -0.742. The lowest BCUT2D eigenvalue weighted by Gasteiger charge is -2.26. The van der Waals surface area contributed by atoms with Gasteiger partial charge in [0.05, 0.1) is 12.1 Å². The molecule has 0 spiro atoms. The maximum Gasteiger partial charge on any atom is 0.339 e. The Morgan fingerprint density at radius 3 is 2.72 bits per heavy atom. The van der Waals surface area contributed by atoms with Crippen LogP contribution >= 0.6 is 0 Å². The third-order valence-corrected chi connectivity index (χ3v) is 4.40. The number of hydrogen-bond acceptors (Lipinski definition) is 6. The lowest BCUT2D eigenvalue weighted by Crippen LogP contribution is -2.42. The molecule has 4 rings (SSSR count). The predicted octanol–water partition coefficient (Wildman–Crippen LogP) is 1.64. The highest BCUT2D eigenvalue weighted by Crippen LogP contribution is 2.30. The highest BCUT2D eigenvalue weighted by Gasteiger charge is 2.21. The van der Waals surface area contributed by atoms with Crippen molar-refractivity contribution in [2.45, 2.75) is 6.10 Å². The van der Waals surface area contributed by atoms with Crippen molar-refractivity contribution < 1.29 is 23.8 Å². The molecule has 1 aliphatic heterocycles. The maximum absolute atomic E-state index is 12.4. The SMILES string of the molecule is O=C(COC(=O)c1cc(=O)[nH]c2ccccc12)NCC1COc2ccccc2O1. The molecule has 148 valence electrons. The average Bonchev–Trinajstić information content (AvgIpc) is 2.75. The van der Waals surface area contributed by atoms with E-state index >= 15 is 0 Å². The van der Waals surface area contributed by atoms with E-state index in [9.17, 15) is 14.4 Å². The zero-order valence-electron chi connectivity index (χ0n) is 15.3. The van der Waals surface area contributed by atoms with E-state index < -0.39 is 24.0 Å².